The van der Waals surface area contributed by atoms with Crippen molar-refractivity contribution in [3.05, 3.63) is 24.0 Å². The summed E-state index contributed by atoms with van der Waals surface area (Å²) in [7, 11) is 0. The Hall–Kier alpha value is -1.88. The number of imidazole rings is 1. The first-order chi connectivity index (χ1) is 9.76. The van der Waals surface area contributed by atoms with Crippen molar-refractivity contribution >= 4 is 22.6 Å². The van der Waals surface area contributed by atoms with Gasteiger partial charge in [-0.05, 0) is 37.5 Å². The van der Waals surface area contributed by atoms with Crippen molar-refractivity contribution in [3.8, 4) is 0 Å². The third-order valence-corrected chi connectivity index (χ3v) is 3.50. The summed E-state index contributed by atoms with van der Waals surface area (Å²) < 4.78 is 5.63. The van der Waals surface area contributed by atoms with Crippen molar-refractivity contribution in [1.29, 1.82) is 0 Å². The first-order valence-corrected chi connectivity index (χ1v) is 7.17. The van der Waals surface area contributed by atoms with Crippen LogP contribution in [0, 0.1) is 0 Å². The summed E-state index contributed by atoms with van der Waals surface area (Å²) in [6.07, 6.45) is 3.57. The first-order valence-electron chi connectivity index (χ1n) is 7.17. The molecule has 0 aliphatic carbocycles. The molecule has 0 spiro atoms. The van der Waals surface area contributed by atoms with Gasteiger partial charge in [0.15, 0.2) is 0 Å². The van der Waals surface area contributed by atoms with Gasteiger partial charge < -0.3 is 15.0 Å². The van der Waals surface area contributed by atoms with E-state index in [-0.39, 0.29) is 12.0 Å². The van der Waals surface area contributed by atoms with Gasteiger partial charge in [-0.3, -0.25) is 4.79 Å². The van der Waals surface area contributed by atoms with Crippen molar-refractivity contribution < 1.29 is 9.53 Å². The zero-order valence-corrected chi connectivity index (χ0v) is 11.6. The highest BCUT2D eigenvalue weighted by Crippen LogP contribution is 2.28. The third kappa shape index (κ3) is 2.67. The molecule has 0 radical (unpaired) electrons. The van der Waals surface area contributed by atoms with Crippen LogP contribution in [0.25, 0.3) is 11.0 Å². The maximum Gasteiger partial charge on any atom is 0.224 e. The van der Waals surface area contributed by atoms with Gasteiger partial charge in [-0.15, -0.1) is 0 Å². The van der Waals surface area contributed by atoms with Crippen LogP contribution >= 0.6 is 0 Å². The number of H-pyrrole nitrogens is 1. The van der Waals surface area contributed by atoms with Crippen LogP contribution in [0.5, 0.6) is 0 Å². The van der Waals surface area contributed by atoms with Gasteiger partial charge in [0, 0.05) is 18.7 Å². The molecule has 1 atom stereocenters. The average molecular weight is 273 g/mol. The summed E-state index contributed by atoms with van der Waals surface area (Å²) in [6.45, 7) is 2.80. The van der Waals surface area contributed by atoms with Crippen LogP contribution < -0.4 is 5.32 Å². The Bertz CT molecular complexity index is 615. The number of carbonyl (C=O) groups is 1. The first kappa shape index (κ1) is 13.1. The molecule has 1 aliphatic rings. The molecule has 20 heavy (non-hydrogen) atoms. The van der Waals surface area contributed by atoms with Gasteiger partial charge in [-0.2, -0.15) is 0 Å². The smallest absolute Gasteiger partial charge is 0.224 e. The van der Waals surface area contributed by atoms with E-state index in [2.05, 4.69) is 15.3 Å². The molecule has 2 heterocycles. The molecule has 5 nitrogen and oxygen atoms in total. The number of ether oxygens (including phenoxy) is 1. The number of hydrogen-bond donors (Lipinski definition) is 2. The summed E-state index contributed by atoms with van der Waals surface area (Å²) in [4.78, 5) is 19.5. The quantitative estimate of drug-likeness (QED) is 0.899. The number of benzene rings is 1. The lowest BCUT2D eigenvalue weighted by atomic mass is 10.2. The van der Waals surface area contributed by atoms with Crippen LogP contribution in [-0.4, -0.2) is 22.5 Å². The Morgan fingerprint density at radius 2 is 2.45 bits per heavy atom. The van der Waals surface area contributed by atoms with Crippen molar-refractivity contribution in [2.75, 3.05) is 11.9 Å². The van der Waals surface area contributed by atoms with Crippen molar-refractivity contribution in [3.63, 3.8) is 0 Å². The highest BCUT2D eigenvalue weighted by atomic mass is 16.5. The molecule has 3 rings (SSSR count). The maximum atomic E-state index is 11.6. The molecule has 5 heteroatoms. The van der Waals surface area contributed by atoms with Gasteiger partial charge >= 0.3 is 0 Å². The topological polar surface area (TPSA) is 67.0 Å². The number of amides is 1. The fourth-order valence-electron chi connectivity index (χ4n) is 2.50. The predicted molar refractivity (Wildman–Crippen MR) is 77.6 cm³/mol. The second-order valence-electron chi connectivity index (χ2n) is 5.15. The van der Waals surface area contributed by atoms with Gasteiger partial charge in [-0.1, -0.05) is 6.92 Å². The molecule has 2 aromatic rings. The number of rotatable bonds is 4. The summed E-state index contributed by atoms with van der Waals surface area (Å²) in [5.41, 5.74) is 2.65. The van der Waals surface area contributed by atoms with Crippen LogP contribution in [0.15, 0.2) is 18.2 Å². The number of aromatic nitrogens is 2. The zero-order valence-electron chi connectivity index (χ0n) is 11.6. The molecule has 2 N–H and O–H groups in total. The second-order valence-corrected chi connectivity index (χ2v) is 5.15. The highest BCUT2D eigenvalue weighted by molar-refractivity contribution is 5.93. The van der Waals surface area contributed by atoms with Crippen molar-refractivity contribution in [1.82, 2.24) is 9.97 Å². The van der Waals surface area contributed by atoms with E-state index >= 15 is 0 Å². The lowest BCUT2D eigenvalue weighted by molar-refractivity contribution is -0.116. The Morgan fingerprint density at radius 1 is 1.55 bits per heavy atom. The van der Waals surface area contributed by atoms with Gasteiger partial charge in [0.25, 0.3) is 0 Å². The fraction of sp³-hybridized carbons (Fsp3) is 0.467. The number of anilines is 1. The summed E-state index contributed by atoms with van der Waals surface area (Å²) >= 11 is 0. The third-order valence-electron chi connectivity index (χ3n) is 3.50. The lowest BCUT2D eigenvalue weighted by Gasteiger charge is -2.04. The molecule has 1 fully saturated rings. The molecule has 0 unspecified atom stereocenters. The van der Waals surface area contributed by atoms with Crippen LogP contribution in [0.3, 0.4) is 0 Å². The predicted octanol–water partition coefficient (Wildman–Crippen LogP) is 3.15. The molecule has 0 bridgehead atoms. The molecule has 1 aromatic heterocycles. The zero-order chi connectivity index (χ0) is 13.9. The average Bonchev–Trinajstić information content (AvgIpc) is 3.07. The fourth-order valence-corrected chi connectivity index (χ4v) is 2.50. The Kier molecular flexibility index (Phi) is 3.69. The number of hydrogen-bond acceptors (Lipinski definition) is 3. The summed E-state index contributed by atoms with van der Waals surface area (Å²) in [5.74, 6) is 0.931. The van der Waals surface area contributed by atoms with Gasteiger partial charge in [0.05, 0.1) is 11.0 Å². The van der Waals surface area contributed by atoms with Gasteiger partial charge in [0.2, 0.25) is 5.91 Å². The van der Waals surface area contributed by atoms with E-state index in [1.54, 1.807) is 0 Å². The largest absolute Gasteiger partial charge is 0.370 e. The Labute approximate surface area is 117 Å². The second kappa shape index (κ2) is 5.63. The van der Waals surface area contributed by atoms with Crippen LogP contribution in [0.1, 0.15) is 44.5 Å². The molecule has 1 aromatic carbocycles. The minimum atomic E-state index is 0.0470. The van der Waals surface area contributed by atoms with E-state index in [1.165, 1.54) is 0 Å². The molecule has 1 aliphatic heterocycles. The van der Waals surface area contributed by atoms with Gasteiger partial charge in [-0.25, -0.2) is 4.98 Å². The molecule has 1 saturated heterocycles. The van der Waals surface area contributed by atoms with Crippen LogP contribution in [-0.2, 0) is 9.53 Å². The summed E-state index contributed by atoms with van der Waals surface area (Å²) in [6, 6.07) is 5.73. The number of aromatic amines is 1. The minimum Gasteiger partial charge on any atom is -0.370 e. The maximum absolute atomic E-state index is 11.6. The van der Waals surface area contributed by atoms with E-state index in [0.29, 0.717) is 6.42 Å². The van der Waals surface area contributed by atoms with Gasteiger partial charge in [0.1, 0.15) is 11.9 Å². The Balaban J connectivity index is 1.81. The number of carbonyl (C=O) groups excluding carboxylic acids is 1. The number of nitrogens with one attached hydrogen (secondary N) is 2. The Morgan fingerprint density at radius 3 is 3.20 bits per heavy atom. The van der Waals surface area contributed by atoms with Crippen molar-refractivity contribution in [2.24, 2.45) is 0 Å². The standard InChI is InChI=1S/C15H19N3O2/c1-2-4-14(19)16-10-6-7-11-12(9-10)18-15(17-11)13-5-3-8-20-13/h6-7,9,13H,2-5,8H2,1H3,(H,16,19)(H,17,18)/t13-/m0/s1. The monoisotopic (exact) mass is 273 g/mol. The SMILES string of the molecule is CCCC(=O)Nc1ccc2nc([C@@H]3CCCO3)[nH]c2c1. The van der Waals surface area contributed by atoms with Crippen LogP contribution in [0.2, 0.25) is 0 Å². The van der Waals surface area contributed by atoms with Crippen LogP contribution in [0.4, 0.5) is 5.69 Å². The lowest BCUT2D eigenvalue weighted by Crippen LogP contribution is -2.10. The summed E-state index contributed by atoms with van der Waals surface area (Å²) in [5, 5.41) is 2.90. The minimum absolute atomic E-state index is 0.0470. The highest BCUT2D eigenvalue weighted by Gasteiger charge is 2.21. The van der Waals surface area contributed by atoms with E-state index < -0.39 is 0 Å². The van der Waals surface area contributed by atoms with Crippen molar-refractivity contribution in [2.45, 2.75) is 38.7 Å². The van der Waals surface area contributed by atoms with E-state index in [1.807, 2.05) is 25.1 Å². The molecular weight excluding hydrogens is 254 g/mol. The molecule has 1 amide bonds. The number of nitrogens with zero attached hydrogens (tertiary/aromatic N) is 1. The van der Waals surface area contributed by atoms with E-state index in [4.69, 9.17) is 4.74 Å². The normalized spacial score (nSPS) is 18.6. The molecule has 0 saturated carbocycles. The van der Waals surface area contributed by atoms with E-state index in [0.717, 1.165) is 48.4 Å². The number of fused-ring (bicyclic) bond motifs is 1. The molecular formula is C15H19N3O2. The van der Waals surface area contributed by atoms with E-state index in [9.17, 15) is 4.79 Å². The molecule has 106 valence electrons.